The zero-order chi connectivity index (χ0) is 34.5. The number of benzene rings is 2. The summed E-state index contributed by atoms with van der Waals surface area (Å²) in [6.07, 6.45) is 1.09. The van der Waals surface area contributed by atoms with Crippen LogP contribution in [0.3, 0.4) is 0 Å². The van der Waals surface area contributed by atoms with E-state index in [4.69, 9.17) is 26.1 Å². The Hall–Kier alpha value is -2.93. The summed E-state index contributed by atoms with van der Waals surface area (Å²) in [7, 11) is -5.77. The van der Waals surface area contributed by atoms with Crippen molar-refractivity contribution >= 4 is 58.3 Å². The molecule has 1 unspecified atom stereocenters. The van der Waals surface area contributed by atoms with Crippen LogP contribution in [0.25, 0.3) is 10.1 Å². The number of thiophene rings is 1. The Labute approximate surface area is 280 Å². The third-order valence-electron chi connectivity index (χ3n) is 8.70. The fourth-order valence-corrected chi connectivity index (χ4v) is 7.61. The smallest absolute Gasteiger partial charge is 0.367 e. The summed E-state index contributed by atoms with van der Waals surface area (Å²) in [5.41, 5.74) is -5.91. The second-order valence-electron chi connectivity index (χ2n) is 13.3. The van der Waals surface area contributed by atoms with Crippen molar-refractivity contribution in [1.82, 2.24) is 15.1 Å². The predicted molar refractivity (Wildman–Crippen MR) is 175 cm³/mol. The van der Waals surface area contributed by atoms with Crippen molar-refractivity contribution in [3.8, 4) is 0 Å². The molecular weight excluding hydrogens is 675 g/mol. The summed E-state index contributed by atoms with van der Waals surface area (Å²) >= 11 is 7.06. The van der Waals surface area contributed by atoms with Gasteiger partial charge in [-0.15, -0.1) is 11.3 Å². The van der Waals surface area contributed by atoms with Crippen LogP contribution >= 0.6 is 30.5 Å². The monoisotopic (exact) mass is 711 g/mol. The maximum absolute atomic E-state index is 14.3. The van der Waals surface area contributed by atoms with Crippen LogP contribution in [0.15, 0.2) is 48.5 Å². The summed E-state index contributed by atoms with van der Waals surface area (Å²) in [5, 5.41) is 3.60. The van der Waals surface area contributed by atoms with Gasteiger partial charge < -0.3 is 29.6 Å². The lowest BCUT2D eigenvalue weighted by molar-refractivity contribution is -0.157. The molecule has 3 atom stereocenters. The van der Waals surface area contributed by atoms with Gasteiger partial charge in [-0.3, -0.25) is 18.9 Å². The standard InChI is InChI=1S/C32H37ClF2N3O7PS/c1-30(2,3)26(36-27(39)25-17-19-16-21(9-12-24(19)47-25)32(34,35)46(42,43)44)29(41)38-13-5-6-23(38)28(40)37-14-15-45-31(4,18-37)20-7-10-22(33)11-8-20/h7-12,16-17,23,26H,5-6,13-15,18H2,1-4H3,(H,36,39)(H2,42,43,44)/t23-,26+,31?/m0/s1. The van der Waals surface area contributed by atoms with Crippen molar-refractivity contribution in [3.05, 3.63) is 69.6 Å². The Morgan fingerprint density at radius 1 is 1.11 bits per heavy atom. The minimum absolute atomic E-state index is 0.127. The van der Waals surface area contributed by atoms with Crippen molar-refractivity contribution in [1.29, 1.82) is 0 Å². The Morgan fingerprint density at radius 2 is 1.79 bits per heavy atom. The molecule has 2 aliphatic rings. The van der Waals surface area contributed by atoms with Gasteiger partial charge in [-0.1, -0.05) is 50.6 Å². The Balaban J connectivity index is 1.33. The molecule has 5 rings (SSSR count). The van der Waals surface area contributed by atoms with Gasteiger partial charge in [0.25, 0.3) is 5.91 Å². The second kappa shape index (κ2) is 12.8. The molecule has 3 amide bonds. The number of alkyl halides is 2. The number of ether oxygens (including phenoxy) is 1. The lowest BCUT2D eigenvalue weighted by Gasteiger charge is -2.43. The number of carbonyl (C=O) groups is 3. The lowest BCUT2D eigenvalue weighted by atomic mass is 9.85. The van der Waals surface area contributed by atoms with Gasteiger partial charge >= 0.3 is 13.3 Å². The van der Waals surface area contributed by atoms with Crippen LogP contribution in [0.2, 0.25) is 5.02 Å². The van der Waals surface area contributed by atoms with E-state index in [1.54, 1.807) is 37.8 Å². The van der Waals surface area contributed by atoms with E-state index in [-0.39, 0.29) is 16.2 Å². The van der Waals surface area contributed by atoms with Crippen molar-refractivity contribution in [3.63, 3.8) is 0 Å². The van der Waals surface area contributed by atoms with Crippen LogP contribution in [0, 0.1) is 5.41 Å². The van der Waals surface area contributed by atoms with Crippen molar-refractivity contribution in [2.45, 2.75) is 63.9 Å². The molecule has 3 N–H and O–H groups in total. The Kier molecular flexibility index (Phi) is 9.66. The molecular formula is C32H37ClF2N3O7PS. The van der Waals surface area contributed by atoms with E-state index in [0.29, 0.717) is 48.8 Å². The van der Waals surface area contributed by atoms with Gasteiger partial charge in [0, 0.05) is 28.4 Å². The number of likely N-dealkylation sites (tertiary alicyclic amines) is 1. The molecule has 1 aromatic heterocycles. The SMILES string of the molecule is CC1(c2ccc(Cl)cc2)CN(C(=O)[C@@H]2CCCN2C(=O)[C@@H](NC(=O)c2cc3cc(C(F)(F)P(=O)(O)O)ccc3s2)C(C)(C)C)CCO1. The first-order valence-corrected chi connectivity index (χ1v) is 17.9. The molecule has 0 bridgehead atoms. The molecule has 0 aliphatic carbocycles. The van der Waals surface area contributed by atoms with Gasteiger partial charge in [-0.05, 0) is 66.5 Å². The highest BCUT2D eigenvalue weighted by atomic mass is 35.5. The van der Waals surface area contributed by atoms with E-state index >= 15 is 0 Å². The van der Waals surface area contributed by atoms with Gasteiger partial charge in [-0.2, -0.15) is 8.78 Å². The third-order valence-corrected chi connectivity index (χ3v) is 11.1. The average Bonchev–Trinajstić information content (AvgIpc) is 3.66. The van der Waals surface area contributed by atoms with E-state index in [1.807, 2.05) is 19.1 Å². The molecule has 15 heteroatoms. The number of fused-ring (bicyclic) bond motifs is 1. The Bertz CT molecular complexity index is 1740. The number of amides is 3. The van der Waals surface area contributed by atoms with E-state index < -0.39 is 53.7 Å². The van der Waals surface area contributed by atoms with Crippen LogP contribution in [0.1, 0.15) is 61.3 Å². The van der Waals surface area contributed by atoms with Crippen LogP contribution in [-0.4, -0.2) is 75.6 Å². The number of halogens is 3. The molecule has 3 heterocycles. The van der Waals surface area contributed by atoms with Crippen LogP contribution < -0.4 is 5.32 Å². The van der Waals surface area contributed by atoms with Gasteiger partial charge in [0.1, 0.15) is 17.7 Å². The Morgan fingerprint density at radius 3 is 2.43 bits per heavy atom. The molecule has 47 heavy (non-hydrogen) atoms. The second-order valence-corrected chi connectivity index (χ2v) is 16.4. The van der Waals surface area contributed by atoms with Crippen molar-refractivity contribution in [2.75, 3.05) is 26.2 Å². The van der Waals surface area contributed by atoms with Crippen LogP contribution in [0.4, 0.5) is 8.78 Å². The number of rotatable bonds is 7. The van der Waals surface area contributed by atoms with Crippen LogP contribution in [-0.2, 0) is 30.2 Å². The average molecular weight is 712 g/mol. The van der Waals surface area contributed by atoms with Gasteiger partial charge in [0.15, 0.2) is 0 Å². The predicted octanol–water partition coefficient (Wildman–Crippen LogP) is 5.69. The fourth-order valence-electron chi connectivity index (χ4n) is 6.06. The van der Waals surface area contributed by atoms with Crippen molar-refractivity contribution in [2.24, 2.45) is 5.41 Å². The number of hydrogen-bond acceptors (Lipinski definition) is 6. The third kappa shape index (κ3) is 7.11. The number of morpholine rings is 1. The highest BCUT2D eigenvalue weighted by Crippen LogP contribution is 2.59. The van der Waals surface area contributed by atoms with Crippen LogP contribution in [0.5, 0.6) is 0 Å². The molecule has 2 fully saturated rings. The lowest BCUT2D eigenvalue weighted by Crippen LogP contribution is -2.59. The zero-order valence-corrected chi connectivity index (χ0v) is 28.8. The molecule has 2 aliphatic heterocycles. The van der Waals surface area contributed by atoms with E-state index in [1.165, 1.54) is 17.0 Å². The van der Waals surface area contributed by atoms with Crippen molar-refractivity contribution < 1.29 is 42.3 Å². The number of carbonyl (C=O) groups excluding carboxylic acids is 3. The molecule has 0 radical (unpaired) electrons. The molecule has 0 saturated carbocycles. The first-order chi connectivity index (χ1) is 21.8. The summed E-state index contributed by atoms with van der Waals surface area (Å²) in [6.45, 7) is 8.62. The summed E-state index contributed by atoms with van der Waals surface area (Å²) in [6, 6.07) is 10.0. The molecule has 2 saturated heterocycles. The number of hydrogen-bond donors (Lipinski definition) is 3. The highest BCUT2D eigenvalue weighted by molar-refractivity contribution is 7.52. The summed E-state index contributed by atoms with van der Waals surface area (Å²) in [5.74, 6) is -1.21. The maximum atomic E-state index is 14.3. The van der Waals surface area contributed by atoms with Gasteiger partial charge in [0.2, 0.25) is 11.8 Å². The molecule has 10 nitrogen and oxygen atoms in total. The number of nitrogens with one attached hydrogen (secondary N) is 1. The molecule has 2 aromatic carbocycles. The maximum Gasteiger partial charge on any atom is 0.399 e. The minimum Gasteiger partial charge on any atom is -0.367 e. The quantitative estimate of drug-likeness (QED) is 0.268. The topological polar surface area (TPSA) is 136 Å². The van der Waals surface area contributed by atoms with E-state index in [9.17, 15) is 27.7 Å². The summed E-state index contributed by atoms with van der Waals surface area (Å²) in [4.78, 5) is 63.1. The first kappa shape index (κ1) is 35.4. The normalized spacial score (nSPS) is 21.6. The largest absolute Gasteiger partial charge is 0.399 e. The molecule has 0 spiro atoms. The fraction of sp³-hybridized carbons (Fsp3) is 0.469. The highest BCUT2D eigenvalue weighted by Gasteiger charge is 2.50. The molecule has 254 valence electrons. The van der Waals surface area contributed by atoms with E-state index in [0.717, 1.165) is 29.0 Å². The molecule has 3 aromatic rings. The van der Waals surface area contributed by atoms with E-state index in [2.05, 4.69) is 5.32 Å². The number of nitrogens with zero attached hydrogens (tertiary/aromatic N) is 2. The zero-order valence-electron chi connectivity index (χ0n) is 26.3. The summed E-state index contributed by atoms with van der Waals surface area (Å²) < 4.78 is 46.5. The first-order valence-electron chi connectivity index (χ1n) is 15.1. The minimum atomic E-state index is -5.77. The van der Waals surface area contributed by atoms with Gasteiger partial charge in [-0.25, -0.2) is 0 Å². The van der Waals surface area contributed by atoms with Gasteiger partial charge in [0.05, 0.1) is 18.0 Å².